The molecule has 8 heteroatoms. The molecule has 3 amide bonds. The average Bonchev–Trinajstić information content (AvgIpc) is 3.28. The second-order valence-electron chi connectivity index (χ2n) is 6.63. The van der Waals surface area contributed by atoms with E-state index in [9.17, 15) is 9.59 Å². The lowest BCUT2D eigenvalue weighted by atomic mass is 10.2. The average molecular weight is 413 g/mol. The Kier molecular flexibility index (Phi) is 5.59. The molecule has 3 aromatic rings. The summed E-state index contributed by atoms with van der Waals surface area (Å²) in [4.78, 5) is 35.6. The van der Waals surface area contributed by atoms with Crippen molar-refractivity contribution in [1.29, 1.82) is 0 Å². The Morgan fingerprint density at radius 2 is 2.04 bits per heavy atom. The topological polar surface area (TPSA) is 84.0 Å². The maximum absolute atomic E-state index is 12.4. The molecule has 2 N–H and O–H groups in total. The largest absolute Gasteiger partial charge is 0.334 e. The van der Waals surface area contributed by atoms with E-state index in [0.717, 1.165) is 40.1 Å². The van der Waals surface area contributed by atoms with Gasteiger partial charge in [0.15, 0.2) is 0 Å². The molecule has 0 saturated carbocycles. The molecule has 2 aromatic heterocycles. The van der Waals surface area contributed by atoms with Crippen molar-refractivity contribution in [3.63, 3.8) is 0 Å². The van der Waals surface area contributed by atoms with Crippen LogP contribution in [0.25, 0.3) is 10.2 Å². The van der Waals surface area contributed by atoms with Gasteiger partial charge >= 0.3 is 6.03 Å². The molecule has 6 nitrogen and oxygen atoms in total. The van der Waals surface area contributed by atoms with Gasteiger partial charge in [0, 0.05) is 16.8 Å². The van der Waals surface area contributed by atoms with E-state index in [0.29, 0.717) is 6.54 Å². The number of amides is 3. The molecule has 0 bridgehead atoms. The van der Waals surface area contributed by atoms with Gasteiger partial charge < -0.3 is 5.32 Å². The Balaban J connectivity index is 1.38. The Labute approximate surface area is 171 Å². The molecule has 0 fully saturated rings. The summed E-state index contributed by atoms with van der Waals surface area (Å²) in [5, 5.41) is 6.57. The van der Waals surface area contributed by atoms with Crippen LogP contribution in [0.15, 0.2) is 41.7 Å². The number of nitrogens with one attached hydrogen (secondary N) is 2. The van der Waals surface area contributed by atoms with Gasteiger partial charge in [-0.2, -0.15) is 0 Å². The van der Waals surface area contributed by atoms with Gasteiger partial charge in [0.25, 0.3) is 0 Å². The zero-order chi connectivity index (χ0) is 19.5. The van der Waals surface area contributed by atoms with Crippen molar-refractivity contribution < 1.29 is 9.59 Å². The molecule has 0 saturated heterocycles. The number of rotatable bonds is 5. The number of nitrogens with zero attached hydrogens (tertiary/aromatic N) is 2. The van der Waals surface area contributed by atoms with Gasteiger partial charge in [0.2, 0.25) is 5.91 Å². The van der Waals surface area contributed by atoms with Gasteiger partial charge in [-0.1, -0.05) is 42.1 Å². The number of hydrogen-bond donors (Lipinski definition) is 2. The first-order valence-corrected chi connectivity index (χ1v) is 10.9. The molecule has 1 aromatic carbocycles. The van der Waals surface area contributed by atoms with Crippen LogP contribution in [0.1, 0.15) is 29.3 Å². The maximum atomic E-state index is 12.4. The van der Waals surface area contributed by atoms with Crippen molar-refractivity contribution in [3.05, 3.63) is 52.7 Å². The first-order chi connectivity index (χ1) is 13.6. The smallest absolute Gasteiger partial charge is 0.321 e. The van der Waals surface area contributed by atoms with Gasteiger partial charge in [-0.05, 0) is 37.3 Å². The van der Waals surface area contributed by atoms with E-state index in [1.165, 1.54) is 22.2 Å². The van der Waals surface area contributed by atoms with E-state index < -0.39 is 11.3 Å². The number of benzene rings is 1. The minimum Gasteiger partial charge on any atom is -0.334 e. The SMILES string of the molecule is C[C@@H](Sc1ncnc2sc3c(c12)CCC3)C(=O)NC(=O)NCc1ccccc1. The van der Waals surface area contributed by atoms with Crippen LogP contribution in [0.5, 0.6) is 0 Å². The van der Waals surface area contributed by atoms with Crippen LogP contribution < -0.4 is 10.6 Å². The van der Waals surface area contributed by atoms with Crippen LogP contribution in [0.3, 0.4) is 0 Å². The summed E-state index contributed by atoms with van der Waals surface area (Å²) in [5.74, 6) is -0.339. The number of thioether (sulfide) groups is 1. The summed E-state index contributed by atoms with van der Waals surface area (Å²) in [7, 11) is 0. The summed E-state index contributed by atoms with van der Waals surface area (Å²) in [6.45, 7) is 2.15. The lowest BCUT2D eigenvalue weighted by Gasteiger charge is -2.12. The van der Waals surface area contributed by atoms with E-state index in [2.05, 4.69) is 20.6 Å². The molecular formula is C20H20N4O2S2. The molecule has 1 aliphatic rings. The number of carbonyl (C=O) groups excluding carboxylic acids is 2. The van der Waals surface area contributed by atoms with Crippen LogP contribution in [0.4, 0.5) is 4.79 Å². The third kappa shape index (κ3) is 4.02. The zero-order valence-electron chi connectivity index (χ0n) is 15.4. The highest BCUT2D eigenvalue weighted by molar-refractivity contribution is 8.00. The summed E-state index contributed by atoms with van der Waals surface area (Å²) in [5.41, 5.74) is 2.30. The van der Waals surface area contributed by atoms with Gasteiger partial charge in [-0.3, -0.25) is 10.1 Å². The molecule has 1 aliphatic carbocycles. The maximum Gasteiger partial charge on any atom is 0.321 e. The van der Waals surface area contributed by atoms with Crippen molar-refractivity contribution in [3.8, 4) is 0 Å². The summed E-state index contributed by atoms with van der Waals surface area (Å²) in [6, 6.07) is 9.06. The van der Waals surface area contributed by atoms with Crippen LogP contribution in [-0.4, -0.2) is 27.2 Å². The van der Waals surface area contributed by atoms with Crippen molar-refractivity contribution >= 4 is 45.3 Å². The third-order valence-electron chi connectivity index (χ3n) is 4.66. The van der Waals surface area contributed by atoms with Crippen LogP contribution in [0.2, 0.25) is 0 Å². The number of imide groups is 1. The van der Waals surface area contributed by atoms with Gasteiger partial charge in [-0.15, -0.1) is 11.3 Å². The third-order valence-corrected chi connectivity index (χ3v) is 6.96. The van der Waals surface area contributed by atoms with Gasteiger partial charge in [0.1, 0.15) is 16.2 Å². The number of aromatic nitrogens is 2. The molecular weight excluding hydrogens is 392 g/mol. The van der Waals surface area contributed by atoms with Crippen molar-refractivity contribution in [1.82, 2.24) is 20.6 Å². The van der Waals surface area contributed by atoms with E-state index in [1.54, 1.807) is 24.6 Å². The summed E-state index contributed by atoms with van der Waals surface area (Å²) in [6.07, 6.45) is 4.85. The Hall–Kier alpha value is -2.45. The second-order valence-corrected chi connectivity index (χ2v) is 9.05. The normalized spacial score (nSPS) is 13.9. The lowest BCUT2D eigenvalue weighted by molar-refractivity contribution is -0.119. The lowest BCUT2D eigenvalue weighted by Crippen LogP contribution is -2.42. The van der Waals surface area contributed by atoms with Crippen molar-refractivity contribution in [2.24, 2.45) is 0 Å². The number of aryl methyl sites for hydroxylation is 2. The van der Waals surface area contributed by atoms with E-state index in [4.69, 9.17) is 0 Å². The highest BCUT2D eigenvalue weighted by Crippen LogP contribution is 2.40. The standard InChI is InChI=1S/C20H20N4O2S2/c1-12(17(25)24-20(26)21-10-13-6-3-2-4-7-13)27-18-16-14-8-5-9-15(14)28-19(16)23-11-22-18/h2-4,6-7,11-12H,5,8-10H2,1H3,(H2,21,24,25,26)/t12-/m1/s1. The molecule has 0 aliphatic heterocycles. The molecule has 1 atom stereocenters. The molecule has 0 radical (unpaired) electrons. The molecule has 28 heavy (non-hydrogen) atoms. The molecule has 144 valence electrons. The number of thiophene rings is 1. The zero-order valence-corrected chi connectivity index (χ0v) is 17.0. The minimum atomic E-state index is -0.495. The predicted molar refractivity (Wildman–Crippen MR) is 112 cm³/mol. The van der Waals surface area contributed by atoms with E-state index in [1.807, 2.05) is 30.3 Å². The number of urea groups is 1. The summed E-state index contributed by atoms with van der Waals surface area (Å²) < 4.78 is 0. The fourth-order valence-electron chi connectivity index (χ4n) is 3.25. The highest BCUT2D eigenvalue weighted by atomic mass is 32.2. The Morgan fingerprint density at radius 3 is 2.86 bits per heavy atom. The minimum absolute atomic E-state index is 0.339. The first kappa shape index (κ1) is 18.9. The first-order valence-electron chi connectivity index (χ1n) is 9.16. The molecule has 0 unspecified atom stereocenters. The van der Waals surface area contributed by atoms with Gasteiger partial charge in [0.05, 0.1) is 5.25 Å². The molecule has 2 heterocycles. The quantitative estimate of drug-likeness (QED) is 0.493. The van der Waals surface area contributed by atoms with Crippen LogP contribution in [-0.2, 0) is 24.2 Å². The second kappa shape index (κ2) is 8.28. The monoisotopic (exact) mass is 412 g/mol. The van der Waals surface area contributed by atoms with Crippen LogP contribution >= 0.6 is 23.1 Å². The number of carbonyl (C=O) groups is 2. The number of hydrogen-bond acceptors (Lipinski definition) is 6. The molecule has 4 rings (SSSR count). The van der Waals surface area contributed by atoms with Crippen LogP contribution in [0, 0.1) is 0 Å². The fourth-order valence-corrected chi connectivity index (χ4v) is 5.49. The highest BCUT2D eigenvalue weighted by Gasteiger charge is 2.24. The predicted octanol–water partition coefficient (Wildman–Crippen LogP) is 3.69. The van der Waals surface area contributed by atoms with Gasteiger partial charge in [-0.25, -0.2) is 14.8 Å². The van der Waals surface area contributed by atoms with E-state index >= 15 is 0 Å². The van der Waals surface area contributed by atoms with Crippen molar-refractivity contribution in [2.45, 2.75) is 43.0 Å². The van der Waals surface area contributed by atoms with Crippen molar-refractivity contribution in [2.75, 3.05) is 0 Å². The Morgan fingerprint density at radius 1 is 1.21 bits per heavy atom. The van der Waals surface area contributed by atoms with E-state index in [-0.39, 0.29) is 5.91 Å². The Bertz CT molecular complexity index is 1020. The fraction of sp³-hybridized carbons (Fsp3) is 0.300. The molecule has 0 spiro atoms. The number of fused-ring (bicyclic) bond motifs is 3. The summed E-state index contributed by atoms with van der Waals surface area (Å²) >= 11 is 3.09.